The second-order valence-corrected chi connectivity index (χ2v) is 8.16. The van der Waals surface area contributed by atoms with Crippen molar-refractivity contribution in [2.24, 2.45) is 5.92 Å². The smallest absolute Gasteiger partial charge is 0.145 e. The molecule has 0 spiro atoms. The Morgan fingerprint density at radius 3 is 2.91 bits per heavy atom. The van der Waals surface area contributed by atoms with Crippen molar-refractivity contribution in [3.8, 4) is 23.3 Å². The summed E-state index contributed by atoms with van der Waals surface area (Å²) in [7, 11) is 0. The molecule has 1 fully saturated rings. The molecule has 1 aliphatic rings. The third-order valence-corrected chi connectivity index (χ3v) is 5.65. The van der Waals surface area contributed by atoms with Gasteiger partial charge in [-0.1, -0.05) is 11.8 Å². The van der Waals surface area contributed by atoms with Gasteiger partial charge in [-0.25, -0.2) is 9.97 Å². The summed E-state index contributed by atoms with van der Waals surface area (Å²) in [5.74, 6) is 9.42. The minimum Gasteiger partial charge on any atom is -0.455 e. The van der Waals surface area contributed by atoms with Crippen molar-refractivity contribution in [2.75, 3.05) is 18.4 Å². The Hall–Kier alpha value is -3.95. The molecule has 0 aliphatic carbocycles. The van der Waals surface area contributed by atoms with E-state index in [2.05, 4.69) is 43.5 Å². The van der Waals surface area contributed by atoms with Crippen molar-refractivity contribution >= 4 is 22.4 Å². The lowest BCUT2D eigenvalue weighted by Crippen LogP contribution is -2.28. The summed E-state index contributed by atoms with van der Waals surface area (Å²) in [5, 5.41) is 7.79. The topological polar surface area (TPSA) is 72.0 Å². The van der Waals surface area contributed by atoms with Crippen LogP contribution in [0.2, 0.25) is 0 Å². The Morgan fingerprint density at radius 2 is 2.09 bits per heavy atom. The molecule has 6 heteroatoms. The first-order chi connectivity index (χ1) is 16.2. The van der Waals surface area contributed by atoms with Crippen molar-refractivity contribution < 1.29 is 4.74 Å². The number of anilines is 2. The second-order valence-electron chi connectivity index (χ2n) is 8.16. The normalized spacial score (nSPS) is 15.5. The summed E-state index contributed by atoms with van der Waals surface area (Å²) in [6.07, 6.45) is 7.34. The monoisotopic (exact) mass is 435 g/mol. The van der Waals surface area contributed by atoms with Gasteiger partial charge in [0, 0.05) is 35.3 Å². The van der Waals surface area contributed by atoms with Crippen LogP contribution < -0.4 is 15.4 Å². The number of ether oxygens (including phenoxy) is 1. The zero-order chi connectivity index (χ0) is 22.5. The van der Waals surface area contributed by atoms with Crippen LogP contribution in [-0.4, -0.2) is 28.0 Å². The predicted octanol–water partition coefficient (Wildman–Crippen LogP) is 5.22. The fourth-order valence-electron chi connectivity index (χ4n) is 3.91. The number of aryl methyl sites for hydroxylation is 1. The molecular formula is C27H25N5O. The lowest BCUT2D eigenvalue weighted by molar-refractivity contribution is 0.449. The van der Waals surface area contributed by atoms with Crippen molar-refractivity contribution in [2.45, 2.75) is 19.8 Å². The zero-order valence-electron chi connectivity index (χ0n) is 18.5. The summed E-state index contributed by atoms with van der Waals surface area (Å²) in [6.45, 7) is 4.08. The van der Waals surface area contributed by atoms with E-state index in [1.165, 1.54) is 6.42 Å². The van der Waals surface area contributed by atoms with Crippen LogP contribution in [-0.2, 0) is 0 Å². The Morgan fingerprint density at radius 1 is 1.12 bits per heavy atom. The third-order valence-electron chi connectivity index (χ3n) is 5.65. The zero-order valence-corrected chi connectivity index (χ0v) is 18.5. The van der Waals surface area contributed by atoms with Gasteiger partial charge in [0.25, 0.3) is 0 Å². The highest BCUT2D eigenvalue weighted by Crippen LogP contribution is 2.29. The van der Waals surface area contributed by atoms with Gasteiger partial charge >= 0.3 is 0 Å². The van der Waals surface area contributed by atoms with Crippen LogP contribution in [0.3, 0.4) is 0 Å². The lowest BCUT2D eigenvalue weighted by atomic mass is 10.00. The number of rotatable bonds is 4. The van der Waals surface area contributed by atoms with Crippen LogP contribution in [0.25, 0.3) is 10.9 Å². The minimum absolute atomic E-state index is 0.412. The molecule has 1 atom stereocenters. The average molecular weight is 436 g/mol. The first-order valence-corrected chi connectivity index (χ1v) is 11.2. The number of fused-ring (bicyclic) bond motifs is 1. The summed E-state index contributed by atoms with van der Waals surface area (Å²) in [5.41, 5.74) is 3.79. The molecule has 0 radical (unpaired) electrons. The summed E-state index contributed by atoms with van der Waals surface area (Å²) >= 11 is 0. The van der Waals surface area contributed by atoms with E-state index in [-0.39, 0.29) is 0 Å². The molecule has 2 aromatic carbocycles. The molecule has 2 N–H and O–H groups in total. The van der Waals surface area contributed by atoms with Gasteiger partial charge in [-0.3, -0.25) is 4.98 Å². The first kappa shape index (κ1) is 20.9. The van der Waals surface area contributed by atoms with E-state index in [9.17, 15) is 0 Å². The number of aromatic nitrogens is 3. The number of pyridine rings is 1. The fourth-order valence-corrected chi connectivity index (χ4v) is 3.91. The summed E-state index contributed by atoms with van der Waals surface area (Å²) < 4.78 is 5.94. The van der Waals surface area contributed by atoms with E-state index in [0.29, 0.717) is 11.7 Å². The van der Waals surface area contributed by atoms with E-state index in [4.69, 9.17) is 4.74 Å². The lowest BCUT2D eigenvalue weighted by Gasteiger charge is -2.17. The molecule has 1 aliphatic heterocycles. The predicted molar refractivity (Wildman–Crippen MR) is 131 cm³/mol. The Kier molecular flexibility index (Phi) is 6.14. The maximum Gasteiger partial charge on any atom is 0.145 e. The maximum absolute atomic E-state index is 5.94. The number of hydrogen-bond donors (Lipinski definition) is 2. The Bertz CT molecular complexity index is 1320. The molecule has 33 heavy (non-hydrogen) atoms. The summed E-state index contributed by atoms with van der Waals surface area (Å²) in [4.78, 5) is 13.0. The summed E-state index contributed by atoms with van der Waals surface area (Å²) in [6, 6.07) is 15.8. The molecule has 1 saturated heterocycles. The number of nitrogens with one attached hydrogen (secondary N) is 2. The minimum atomic E-state index is 0.412. The standard InChI is InChI=1S/C27H25N5O/c1-19-14-22(9-11-26(19)33-23-5-3-13-29-17-23)32-27-24-15-20(8-10-25(24)30-18-31-27)6-7-21-4-2-12-28-16-21/h3,5,8-11,13-15,17-18,21,28H,2,4,12,16H2,1H3,(H,30,31,32). The van der Waals surface area contributed by atoms with Crippen LogP contribution >= 0.6 is 0 Å². The highest BCUT2D eigenvalue weighted by molar-refractivity contribution is 5.91. The van der Waals surface area contributed by atoms with Gasteiger partial charge in [-0.2, -0.15) is 0 Å². The maximum atomic E-state index is 5.94. The first-order valence-electron chi connectivity index (χ1n) is 11.2. The molecule has 2 aromatic heterocycles. The number of benzene rings is 2. The Balaban J connectivity index is 1.38. The Labute approximate surface area is 193 Å². The van der Waals surface area contributed by atoms with Gasteiger partial charge in [0.1, 0.15) is 23.6 Å². The van der Waals surface area contributed by atoms with Crippen molar-refractivity contribution in [3.63, 3.8) is 0 Å². The van der Waals surface area contributed by atoms with E-state index in [1.54, 1.807) is 18.7 Å². The van der Waals surface area contributed by atoms with Crippen LogP contribution in [0.1, 0.15) is 24.0 Å². The van der Waals surface area contributed by atoms with Crippen molar-refractivity contribution in [1.29, 1.82) is 0 Å². The molecular weight excluding hydrogens is 410 g/mol. The largest absolute Gasteiger partial charge is 0.455 e. The molecule has 3 heterocycles. The molecule has 0 amide bonds. The van der Waals surface area contributed by atoms with E-state index in [0.717, 1.165) is 58.8 Å². The van der Waals surface area contributed by atoms with Crippen LogP contribution in [0.15, 0.2) is 67.3 Å². The van der Waals surface area contributed by atoms with E-state index >= 15 is 0 Å². The van der Waals surface area contributed by atoms with E-state index in [1.807, 2.05) is 49.4 Å². The number of piperidine rings is 1. The van der Waals surface area contributed by atoms with Crippen LogP contribution in [0.4, 0.5) is 11.5 Å². The molecule has 4 aromatic rings. The second kappa shape index (κ2) is 9.68. The molecule has 1 unspecified atom stereocenters. The van der Waals surface area contributed by atoms with Gasteiger partial charge in [-0.15, -0.1) is 0 Å². The van der Waals surface area contributed by atoms with Crippen LogP contribution in [0.5, 0.6) is 11.5 Å². The number of nitrogens with zero attached hydrogens (tertiary/aromatic N) is 3. The molecule has 6 nitrogen and oxygen atoms in total. The van der Waals surface area contributed by atoms with Crippen molar-refractivity contribution in [1.82, 2.24) is 20.3 Å². The van der Waals surface area contributed by atoms with Crippen LogP contribution in [0, 0.1) is 24.7 Å². The highest BCUT2D eigenvalue weighted by atomic mass is 16.5. The average Bonchev–Trinajstić information content (AvgIpc) is 2.86. The highest BCUT2D eigenvalue weighted by Gasteiger charge is 2.10. The molecule has 164 valence electrons. The number of hydrogen-bond acceptors (Lipinski definition) is 6. The molecule has 0 bridgehead atoms. The molecule has 5 rings (SSSR count). The van der Waals surface area contributed by atoms with Crippen molar-refractivity contribution in [3.05, 3.63) is 78.4 Å². The van der Waals surface area contributed by atoms with Gasteiger partial charge < -0.3 is 15.4 Å². The van der Waals surface area contributed by atoms with Gasteiger partial charge in [0.2, 0.25) is 0 Å². The van der Waals surface area contributed by atoms with Gasteiger partial charge in [-0.05, 0) is 80.4 Å². The van der Waals surface area contributed by atoms with E-state index < -0.39 is 0 Å². The van der Waals surface area contributed by atoms with Gasteiger partial charge in [0.15, 0.2) is 0 Å². The quantitative estimate of drug-likeness (QED) is 0.428. The fraction of sp³-hybridized carbons (Fsp3) is 0.222. The molecule has 0 saturated carbocycles. The SMILES string of the molecule is Cc1cc(Nc2ncnc3ccc(C#CC4CCCNC4)cc23)ccc1Oc1cccnc1. The third kappa shape index (κ3) is 5.11. The van der Waals surface area contributed by atoms with Gasteiger partial charge in [0.05, 0.1) is 11.7 Å².